The first-order chi connectivity index (χ1) is 8.54. The van der Waals surface area contributed by atoms with Crippen molar-refractivity contribution < 1.29 is 8.78 Å². The molecule has 0 atom stereocenters. The molecule has 0 N–H and O–H groups in total. The van der Waals surface area contributed by atoms with Crippen molar-refractivity contribution in [1.82, 2.24) is 9.88 Å². The van der Waals surface area contributed by atoms with Crippen molar-refractivity contribution in [2.75, 3.05) is 13.1 Å². The van der Waals surface area contributed by atoms with Crippen molar-refractivity contribution in [3.63, 3.8) is 0 Å². The normalized spacial score (nSPS) is 16.3. The molecule has 0 bridgehead atoms. The lowest BCUT2D eigenvalue weighted by Gasteiger charge is -2.27. The zero-order chi connectivity index (χ0) is 13.1. The Balaban J connectivity index is 2.06. The summed E-state index contributed by atoms with van der Waals surface area (Å²) >= 11 is 0. The molecule has 1 aliphatic heterocycles. The molecule has 0 saturated heterocycles. The summed E-state index contributed by atoms with van der Waals surface area (Å²) in [7, 11) is 0. The Hall–Kier alpha value is -1.03. The fourth-order valence-electron chi connectivity index (χ4n) is 2.45. The van der Waals surface area contributed by atoms with Crippen LogP contribution < -0.4 is 0 Å². The van der Waals surface area contributed by atoms with E-state index in [-0.39, 0.29) is 6.54 Å². The first-order valence-electron chi connectivity index (χ1n) is 6.51. The van der Waals surface area contributed by atoms with Crippen LogP contribution in [0.15, 0.2) is 12.3 Å². The molecule has 0 spiro atoms. The molecule has 0 radical (unpaired) electrons. The van der Waals surface area contributed by atoms with E-state index in [9.17, 15) is 8.78 Å². The number of fused-ring (bicyclic) bond motifs is 1. The van der Waals surface area contributed by atoms with Crippen LogP contribution >= 0.6 is 0 Å². The van der Waals surface area contributed by atoms with Crippen molar-refractivity contribution in [2.45, 2.75) is 39.7 Å². The van der Waals surface area contributed by atoms with Gasteiger partial charge in [-0.3, -0.25) is 9.88 Å². The van der Waals surface area contributed by atoms with Crippen LogP contribution in [0.2, 0.25) is 0 Å². The van der Waals surface area contributed by atoms with Gasteiger partial charge in [0.15, 0.2) is 0 Å². The quantitative estimate of drug-likeness (QED) is 0.821. The lowest BCUT2D eigenvalue weighted by Crippen LogP contribution is -2.34. The number of alkyl halides is 2. The second-order valence-corrected chi connectivity index (χ2v) is 5.42. The Morgan fingerprint density at radius 3 is 2.83 bits per heavy atom. The molecule has 0 saturated carbocycles. The van der Waals surface area contributed by atoms with Gasteiger partial charge in [-0.2, -0.15) is 0 Å². The molecular formula is C14H20F2N2. The molecule has 1 aromatic heterocycles. The Bertz CT molecular complexity index is 405. The van der Waals surface area contributed by atoms with E-state index in [0.29, 0.717) is 19.0 Å². The van der Waals surface area contributed by atoms with Gasteiger partial charge in [-0.05, 0) is 29.9 Å². The largest absolute Gasteiger partial charge is 0.292 e. The van der Waals surface area contributed by atoms with E-state index in [2.05, 4.69) is 24.9 Å². The van der Waals surface area contributed by atoms with Gasteiger partial charge in [-0.15, -0.1) is 0 Å². The summed E-state index contributed by atoms with van der Waals surface area (Å²) in [6, 6.07) is 2.20. The molecule has 1 aromatic rings. The van der Waals surface area contributed by atoms with Crippen LogP contribution in [0.25, 0.3) is 0 Å². The summed E-state index contributed by atoms with van der Waals surface area (Å²) in [6.45, 7) is 5.49. The highest BCUT2D eigenvalue weighted by molar-refractivity contribution is 5.27. The maximum Gasteiger partial charge on any atom is 0.251 e. The zero-order valence-electron chi connectivity index (χ0n) is 11.0. The summed E-state index contributed by atoms with van der Waals surface area (Å²) in [6.07, 6.45) is 1.50. The van der Waals surface area contributed by atoms with E-state index in [0.717, 1.165) is 18.5 Å². The molecule has 0 amide bonds. The molecule has 0 aliphatic carbocycles. The predicted octanol–water partition coefficient (Wildman–Crippen LogP) is 2.90. The molecule has 100 valence electrons. The Kier molecular flexibility index (Phi) is 4.27. The zero-order valence-corrected chi connectivity index (χ0v) is 11.0. The van der Waals surface area contributed by atoms with Gasteiger partial charge in [-0.1, -0.05) is 19.9 Å². The van der Waals surface area contributed by atoms with E-state index in [1.54, 1.807) is 4.90 Å². The molecule has 2 rings (SSSR count). The van der Waals surface area contributed by atoms with E-state index in [4.69, 9.17) is 0 Å². The van der Waals surface area contributed by atoms with Crippen LogP contribution in [0.5, 0.6) is 0 Å². The first-order valence-corrected chi connectivity index (χ1v) is 6.51. The van der Waals surface area contributed by atoms with E-state index in [1.807, 2.05) is 6.20 Å². The van der Waals surface area contributed by atoms with Crippen LogP contribution in [0.4, 0.5) is 8.78 Å². The SMILES string of the molecule is CC(C)Cc1cnc2c(c1)CCN(CC(F)F)C2. The molecule has 0 unspecified atom stereocenters. The average Bonchev–Trinajstić information content (AvgIpc) is 2.27. The van der Waals surface area contributed by atoms with Gasteiger partial charge < -0.3 is 0 Å². The molecule has 4 heteroatoms. The minimum atomic E-state index is -2.26. The summed E-state index contributed by atoms with van der Waals surface area (Å²) in [5.74, 6) is 0.615. The van der Waals surface area contributed by atoms with Gasteiger partial charge in [-0.25, -0.2) is 8.78 Å². The number of hydrogen-bond acceptors (Lipinski definition) is 2. The van der Waals surface area contributed by atoms with Crippen molar-refractivity contribution >= 4 is 0 Å². The van der Waals surface area contributed by atoms with Crippen LogP contribution in [-0.2, 0) is 19.4 Å². The van der Waals surface area contributed by atoms with E-state index in [1.165, 1.54) is 11.1 Å². The maximum absolute atomic E-state index is 12.3. The van der Waals surface area contributed by atoms with Gasteiger partial charge in [0.25, 0.3) is 6.43 Å². The highest BCUT2D eigenvalue weighted by Gasteiger charge is 2.20. The predicted molar refractivity (Wildman–Crippen MR) is 67.8 cm³/mol. The molecular weight excluding hydrogens is 234 g/mol. The smallest absolute Gasteiger partial charge is 0.251 e. The van der Waals surface area contributed by atoms with Crippen molar-refractivity contribution in [3.05, 3.63) is 29.1 Å². The highest BCUT2D eigenvalue weighted by Crippen LogP contribution is 2.20. The van der Waals surface area contributed by atoms with Crippen LogP contribution in [0.3, 0.4) is 0 Å². The van der Waals surface area contributed by atoms with Crippen molar-refractivity contribution in [1.29, 1.82) is 0 Å². The molecule has 2 nitrogen and oxygen atoms in total. The lowest BCUT2D eigenvalue weighted by molar-refractivity contribution is 0.0812. The van der Waals surface area contributed by atoms with Gasteiger partial charge in [0.2, 0.25) is 0 Å². The minimum absolute atomic E-state index is 0.144. The van der Waals surface area contributed by atoms with Gasteiger partial charge in [0.1, 0.15) is 0 Å². The first kappa shape index (κ1) is 13.4. The third-order valence-electron chi connectivity index (χ3n) is 3.23. The molecule has 18 heavy (non-hydrogen) atoms. The van der Waals surface area contributed by atoms with Gasteiger partial charge in [0, 0.05) is 19.3 Å². The molecule has 1 aliphatic rings. The molecule has 0 fully saturated rings. The fraction of sp³-hybridized carbons (Fsp3) is 0.643. The number of aromatic nitrogens is 1. The van der Waals surface area contributed by atoms with E-state index >= 15 is 0 Å². The standard InChI is InChI=1S/C14H20F2N2/c1-10(2)5-11-6-12-3-4-18(9-14(15)16)8-13(12)17-7-11/h6-7,10,14H,3-5,8-9H2,1-2H3. The third-order valence-corrected chi connectivity index (χ3v) is 3.23. The van der Waals surface area contributed by atoms with Crippen LogP contribution in [0.1, 0.15) is 30.7 Å². The Labute approximate surface area is 107 Å². The lowest BCUT2D eigenvalue weighted by atomic mass is 9.99. The minimum Gasteiger partial charge on any atom is -0.292 e. The fourth-order valence-corrected chi connectivity index (χ4v) is 2.45. The number of nitrogens with zero attached hydrogens (tertiary/aromatic N) is 2. The van der Waals surface area contributed by atoms with Crippen LogP contribution in [-0.4, -0.2) is 29.4 Å². The van der Waals surface area contributed by atoms with Gasteiger partial charge in [0.05, 0.1) is 12.2 Å². The van der Waals surface area contributed by atoms with Crippen molar-refractivity contribution in [3.8, 4) is 0 Å². The van der Waals surface area contributed by atoms with Crippen molar-refractivity contribution in [2.24, 2.45) is 5.92 Å². The summed E-state index contributed by atoms with van der Waals surface area (Å²) in [5.41, 5.74) is 3.46. The summed E-state index contributed by atoms with van der Waals surface area (Å²) < 4.78 is 24.7. The number of halogens is 2. The third kappa shape index (κ3) is 3.48. The number of hydrogen-bond donors (Lipinski definition) is 0. The topological polar surface area (TPSA) is 16.1 Å². The summed E-state index contributed by atoms with van der Waals surface area (Å²) in [5, 5.41) is 0. The Morgan fingerprint density at radius 1 is 1.39 bits per heavy atom. The molecule has 2 heterocycles. The average molecular weight is 254 g/mol. The maximum atomic E-state index is 12.3. The van der Waals surface area contributed by atoms with E-state index < -0.39 is 6.43 Å². The highest BCUT2D eigenvalue weighted by atomic mass is 19.3. The number of pyridine rings is 1. The summed E-state index contributed by atoms with van der Waals surface area (Å²) in [4.78, 5) is 6.22. The second-order valence-electron chi connectivity index (χ2n) is 5.42. The number of rotatable bonds is 4. The molecule has 0 aromatic carbocycles. The second kappa shape index (κ2) is 5.74. The Morgan fingerprint density at radius 2 is 2.17 bits per heavy atom. The van der Waals surface area contributed by atoms with Crippen LogP contribution in [0, 0.1) is 5.92 Å². The van der Waals surface area contributed by atoms with Gasteiger partial charge >= 0.3 is 0 Å². The monoisotopic (exact) mass is 254 g/mol.